The van der Waals surface area contributed by atoms with Gasteiger partial charge >= 0.3 is 0 Å². The van der Waals surface area contributed by atoms with Gasteiger partial charge in [-0.05, 0) is 23.5 Å². The van der Waals surface area contributed by atoms with E-state index in [9.17, 15) is 0 Å². The first-order valence-electron chi connectivity index (χ1n) is 8.09. The molecule has 0 bridgehead atoms. The van der Waals surface area contributed by atoms with Gasteiger partial charge in [-0.3, -0.25) is 5.43 Å². The highest BCUT2D eigenvalue weighted by atomic mass is 32.1. The highest BCUT2D eigenvalue weighted by molar-refractivity contribution is 7.14. The van der Waals surface area contributed by atoms with E-state index < -0.39 is 0 Å². The Kier molecular flexibility index (Phi) is 5.39. The van der Waals surface area contributed by atoms with Crippen molar-refractivity contribution in [3.8, 4) is 11.3 Å². The number of hydrogen-bond acceptors (Lipinski definition) is 4. The lowest BCUT2D eigenvalue weighted by atomic mass is 10.0. The minimum Gasteiger partial charge on any atom is -0.253 e. The Morgan fingerprint density at radius 2 is 1.83 bits per heavy atom. The summed E-state index contributed by atoms with van der Waals surface area (Å²) in [7, 11) is 0. The monoisotopic (exact) mass is 335 g/mol. The molecule has 1 heterocycles. The van der Waals surface area contributed by atoms with Crippen LogP contribution in [0.15, 0.2) is 65.1 Å². The molecule has 3 rings (SSSR count). The summed E-state index contributed by atoms with van der Waals surface area (Å²) in [6.45, 7) is 4.47. The molecule has 122 valence electrons. The van der Waals surface area contributed by atoms with Crippen molar-refractivity contribution in [1.29, 1.82) is 0 Å². The number of thiazole rings is 1. The molecule has 0 amide bonds. The molecule has 2 aromatic carbocycles. The molecule has 0 saturated heterocycles. The maximum atomic E-state index is 4.55. The first kappa shape index (κ1) is 16.4. The van der Waals surface area contributed by atoms with Crippen molar-refractivity contribution in [3.63, 3.8) is 0 Å². The van der Waals surface area contributed by atoms with Gasteiger partial charge in [0, 0.05) is 10.9 Å². The van der Waals surface area contributed by atoms with Crippen LogP contribution in [0.4, 0.5) is 5.13 Å². The van der Waals surface area contributed by atoms with Gasteiger partial charge in [0.05, 0.1) is 11.9 Å². The minimum atomic E-state index is 0.676. The van der Waals surface area contributed by atoms with Crippen LogP contribution in [-0.4, -0.2) is 11.2 Å². The molecule has 24 heavy (non-hydrogen) atoms. The highest BCUT2D eigenvalue weighted by Crippen LogP contribution is 2.24. The van der Waals surface area contributed by atoms with Crippen molar-refractivity contribution in [3.05, 3.63) is 71.1 Å². The number of nitrogens with one attached hydrogen (secondary N) is 1. The fourth-order valence-electron chi connectivity index (χ4n) is 2.44. The van der Waals surface area contributed by atoms with Crippen molar-refractivity contribution < 1.29 is 0 Å². The summed E-state index contributed by atoms with van der Waals surface area (Å²) in [6, 6.07) is 18.7. The van der Waals surface area contributed by atoms with E-state index in [1.807, 2.05) is 29.8 Å². The first-order chi connectivity index (χ1) is 11.7. The van der Waals surface area contributed by atoms with Crippen molar-refractivity contribution in [2.45, 2.75) is 20.3 Å². The molecule has 0 unspecified atom stereocenters. The van der Waals surface area contributed by atoms with Crippen LogP contribution >= 0.6 is 11.3 Å². The molecule has 0 spiro atoms. The van der Waals surface area contributed by atoms with Gasteiger partial charge in [0.15, 0.2) is 0 Å². The second kappa shape index (κ2) is 7.88. The summed E-state index contributed by atoms with van der Waals surface area (Å²) in [5.74, 6) is 0.676. The van der Waals surface area contributed by atoms with E-state index >= 15 is 0 Å². The van der Waals surface area contributed by atoms with E-state index in [1.165, 1.54) is 5.56 Å². The Bertz CT molecular complexity index is 789. The van der Waals surface area contributed by atoms with Gasteiger partial charge in [-0.1, -0.05) is 68.4 Å². The summed E-state index contributed by atoms with van der Waals surface area (Å²) in [4.78, 5) is 4.55. The molecule has 1 N–H and O–H groups in total. The number of aromatic nitrogens is 1. The van der Waals surface area contributed by atoms with E-state index in [1.54, 1.807) is 11.3 Å². The third kappa shape index (κ3) is 4.52. The molecule has 4 heteroatoms. The van der Waals surface area contributed by atoms with E-state index in [4.69, 9.17) is 0 Å². The maximum absolute atomic E-state index is 4.55. The van der Waals surface area contributed by atoms with Crippen LogP contribution in [0.1, 0.15) is 25.0 Å². The van der Waals surface area contributed by atoms with Crippen LogP contribution in [0.5, 0.6) is 0 Å². The summed E-state index contributed by atoms with van der Waals surface area (Å²) in [6.07, 6.45) is 2.93. The minimum absolute atomic E-state index is 0.676. The van der Waals surface area contributed by atoms with Gasteiger partial charge in [0.25, 0.3) is 0 Å². The number of benzene rings is 2. The van der Waals surface area contributed by atoms with Crippen molar-refractivity contribution in [2.24, 2.45) is 11.0 Å². The fraction of sp³-hybridized carbons (Fsp3) is 0.200. The molecule has 0 radical (unpaired) electrons. The molecular formula is C20H21N3S. The van der Waals surface area contributed by atoms with Gasteiger partial charge in [-0.15, -0.1) is 11.3 Å². The van der Waals surface area contributed by atoms with Crippen LogP contribution in [0.25, 0.3) is 11.3 Å². The zero-order chi connectivity index (χ0) is 16.8. The van der Waals surface area contributed by atoms with Gasteiger partial charge in [-0.25, -0.2) is 4.98 Å². The van der Waals surface area contributed by atoms with Crippen molar-refractivity contribution in [2.75, 3.05) is 5.43 Å². The van der Waals surface area contributed by atoms with Crippen LogP contribution in [-0.2, 0) is 6.42 Å². The van der Waals surface area contributed by atoms with Gasteiger partial charge in [0.2, 0.25) is 5.13 Å². The van der Waals surface area contributed by atoms with E-state index in [2.05, 4.69) is 65.8 Å². The van der Waals surface area contributed by atoms with E-state index in [0.717, 1.165) is 28.4 Å². The van der Waals surface area contributed by atoms with Crippen LogP contribution in [0.3, 0.4) is 0 Å². The summed E-state index contributed by atoms with van der Waals surface area (Å²) in [5.41, 5.74) is 7.53. The van der Waals surface area contributed by atoms with E-state index in [0.29, 0.717) is 5.92 Å². The third-order valence-corrected chi connectivity index (χ3v) is 4.32. The van der Waals surface area contributed by atoms with Crippen LogP contribution in [0, 0.1) is 5.92 Å². The molecule has 0 fully saturated rings. The van der Waals surface area contributed by atoms with Gasteiger partial charge in [-0.2, -0.15) is 5.10 Å². The quantitative estimate of drug-likeness (QED) is 0.480. The number of anilines is 1. The van der Waals surface area contributed by atoms with Crippen LogP contribution in [0.2, 0.25) is 0 Å². The zero-order valence-electron chi connectivity index (χ0n) is 13.9. The Morgan fingerprint density at radius 3 is 2.54 bits per heavy atom. The molecule has 3 nitrogen and oxygen atoms in total. The normalized spacial score (nSPS) is 11.3. The largest absolute Gasteiger partial charge is 0.253 e. The Labute approximate surface area is 147 Å². The number of hydrogen-bond donors (Lipinski definition) is 1. The van der Waals surface area contributed by atoms with Gasteiger partial charge < -0.3 is 0 Å². The van der Waals surface area contributed by atoms with Crippen molar-refractivity contribution >= 4 is 22.7 Å². The van der Waals surface area contributed by atoms with Crippen molar-refractivity contribution in [1.82, 2.24) is 4.98 Å². The van der Waals surface area contributed by atoms with Crippen LogP contribution < -0.4 is 5.43 Å². The Morgan fingerprint density at radius 1 is 1.08 bits per heavy atom. The molecule has 0 aliphatic heterocycles. The average molecular weight is 335 g/mol. The SMILES string of the molecule is CC(C)Cc1ccc(C=NNc2nc(-c3ccccc3)cs2)cc1. The lowest BCUT2D eigenvalue weighted by Crippen LogP contribution is -1.94. The summed E-state index contributed by atoms with van der Waals surface area (Å²) in [5, 5.41) is 7.11. The molecular weight excluding hydrogens is 314 g/mol. The predicted octanol–water partition coefficient (Wildman–Crippen LogP) is 5.45. The Hall–Kier alpha value is -2.46. The first-order valence-corrected chi connectivity index (χ1v) is 8.97. The number of nitrogens with zero attached hydrogens (tertiary/aromatic N) is 2. The number of hydrazone groups is 1. The predicted molar refractivity (Wildman–Crippen MR) is 104 cm³/mol. The standard InChI is InChI=1S/C20H21N3S/c1-15(2)12-16-8-10-17(11-9-16)13-21-23-20-22-19(14-24-20)18-6-4-3-5-7-18/h3-11,13-15H,12H2,1-2H3,(H,22,23). The molecule has 3 aromatic rings. The zero-order valence-corrected chi connectivity index (χ0v) is 14.8. The number of rotatable bonds is 6. The second-order valence-electron chi connectivity index (χ2n) is 6.11. The smallest absolute Gasteiger partial charge is 0.203 e. The fourth-order valence-corrected chi connectivity index (χ4v) is 3.11. The lowest BCUT2D eigenvalue weighted by molar-refractivity contribution is 0.647. The molecule has 0 saturated carbocycles. The third-order valence-electron chi connectivity index (χ3n) is 3.57. The van der Waals surface area contributed by atoms with Gasteiger partial charge in [0.1, 0.15) is 0 Å². The highest BCUT2D eigenvalue weighted by Gasteiger charge is 2.02. The molecule has 0 aliphatic carbocycles. The van der Waals surface area contributed by atoms with E-state index in [-0.39, 0.29) is 0 Å². The maximum Gasteiger partial charge on any atom is 0.203 e. The average Bonchev–Trinajstić information content (AvgIpc) is 3.06. The summed E-state index contributed by atoms with van der Waals surface area (Å²) < 4.78 is 0. The second-order valence-corrected chi connectivity index (χ2v) is 6.97. The Balaban J connectivity index is 1.59. The molecule has 0 atom stereocenters. The summed E-state index contributed by atoms with van der Waals surface area (Å²) >= 11 is 1.55. The lowest BCUT2D eigenvalue weighted by Gasteiger charge is -2.04. The molecule has 0 aliphatic rings. The topological polar surface area (TPSA) is 37.3 Å². The molecule has 1 aromatic heterocycles.